The smallest absolute Gasteiger partial charge is 0.235 e. The molecule has 0 fully saturated rings. The fourth-order valence-electron chi connectivity index (χ4n) is 3.46. The molecule has 2 heterocycles. The van der Waals surface area contributed by atoms with E-state index < -0.39 is 0 Å². The van der Waals surface area contributed by atoms with Gasteiger partial charge in [0.25, 0.3) is 0 Å². The van der Waals surface area contributed by atoms with E-state index in [1.165, 1.54) is 0 Å². The molecule has 1 aromatic carbocycles. The number of unbranched alkanes of at least 4 members (excludes halogenated alkanes) is 2. The van der Waals surface area contributed by atoms with E-state index in [1.54, 1.807) is 29.2 Å². The number of phenols is 1. The van der Waals surface area contributed by atoms with Crippen LogP contribution in [0.5, 0.6) is 17.4 Å². The molecular formula is C21H27N3O3. The first-order chi connectivity index (χ1) is 13.1. The molecule has 0 amide bonds. The molecule has 0 aliphatic rings. The van der Waals surface area contributed by atoms with Crippen LogP contribution in [0.3, 0.4) is 0 Å². The molecule has 0 bridgehead atoms. The van der Waals surface area contributed by atoms with Gasteiger partial charge in [-0.25, -0.2) is 4.98 Å². The maximum absolute atomic E-state index is 10.6. The number of rotatable bonds is 9. The van der Waals surface area contributed by atoms with Crippen LogP contribution in [-0.4, -0.2) is 29.4 Å². The lowest BCUT2D eigenvalue weighted by atomic mass is 10.0. The maximum Gasteiger partial charge on any atom is 0.235 e. The molecule has 0 spiro atoms. The first-order valence-corrected chi connectivity index (χ1v) is 9.50. The summed E-state index contributed by atoms with van der Waals surface area (Å²) < 4.78 is 3.69. The summed E-state index contributed by atoms with van der Waals surface area (Å²) in [5, 5.41) is 31.5. The van der Waals surface area contributed by atoms with Crippen LogP contribution in [0.1, 0.15) is 38.2 Å². The van der Waals surface area contributed by atoms with Gasteiger partial charge in [-0.15, -0.1) is 0 Å². The molecule has 0 saturated heterocycles. The van der Waals surface area contributed by atoms with E-state index in [0.717, 1.165) is 32.2 Å². The van der Waals surface area contributed by atoms with Gasteiger partial charge in [-0.1, -0.05) is 31.9 Å². The van der Waals surface area contributed by atoms with Crippen LogP contribution in [-0.2, 0) is 19.5 Å². The van der Waals surface area contributed by atoms with Crippen molar-refractivity contribution < 1.29 is 15.3 Å². The van der Waals surface area contributed by atoms with Crippen molar-refractivity contribution in [3.63, 3.8) is 0 Å². The quantitative estimate of drug-likeness (QED) is 0.491. The number of para-hydroxylation sites is 1. The molecule has 144 valence electrons. The number of aromatic nitrogens is 3. The predicted molar refractivity (Wildman–Crippen MR) is 105 cm³/mol. The molecule has 0 unspecified atom stereocenters. The lowest BCUT2D eigenvalue weighted by Gasteiger charge is -2.13. The molecule has 27 heavy (non-hydrogen) atoms. The lowest BCUT2D eigenvalue weighted by Crippen LogP contribution is -2.05. The van der Waals surface area contributed by atoms with E-state index in [9.17, 15) is 15.3 Å². The van der Waals surface area contributed by atoms with E-state index in [1.807, 2.05) is 22.9 Å². The summed E-state index contributed by atoms with van der Waals surface area (Å²) in [4.78, 5) is 4.04. The van der Waals surface area contributed by atoms with Crippen LogP contribution in [0, 0.1) is 0 Å². The third-order valence-corrected chi connectivity index (χ3v) is 4.86. The highest BCUT2D eigenvalue weighted by atomic mass is 16.3. The Labute approximate surface area is 159 Å². The van der Waals surface area contributed by atoms with E-state index in [4.69, 9.17) is 0 Å². The summed E-state index contributed by atoms with van der Waals surface area (Å²) in [6.07, 6.45) is 9.84. The molecule has 2 aromatic heterocycles. The van der Waals surface area contributed by atoms with Crippen LogP contribution >= 0.6 is 0 Å². The minimum Gasteiger partial charge on any atom is -0.507 e. The fraction of sp³-hybridized carbons (Fsp3) is 0.381. The largest absolute Gasteiger partial charge is 0.507 e. The van der Waals surface area contributed by atoms with Gasteiger partial charge in [-0.3, -0.25) is 0 Å². The van der Waals surface area contributed by atoms with Gasteiger partial charge in [0.05, 0.1) is 12.0 Å². The zero-order valence-corrected chi connectivity index (χ0v) is 15.7. The normalized spacial score (nSPS) is 11.1. The first-order valence-electron chi connectivity index (χ1n) is 9.50. The number of nitrogens with zero attached hydrogens (tertiary/aromatic N) is 3. The zero-order chi connectivity index (χ0) is 19.2. The number of imidazole rings is 1. The molecule has 6 heteroatoms. The zero-order valence-electron chi connectivity index (χ0n) is 15.7. The first kappa shape index (κ1) is 18.9. The molecule has 0 radical (unpaired) electrons. The van der Waals surface area contributed by atoms with Crippen molar-refractivity contribution in [3.8, 4) is 28.6 Å². The Morgan fingerprint density at radius 3 is 2.52 bits per heavy atom. The minimum absolute atomic E-state index is 0.0769. The van der Waals surface area contributed by atoms with E-state index >= 15 is 0 Å². The lowest BCUT2D eigenvalue weighted by molar-refractivity contribution is 0.366. The Bertz CT molecular complexity index is 869. The number of aryl methyl sites for hydroxylation is 1. The van der Waals surface area contributed by atoms with Crippen molar-refractivity contribution in [3.05, 3.63) is 48.5 Å². The van der Waals surface area contributed by atoms with Crippen molar-refractivity contribution in [2.24, 2.45) is 0 Å². The third kappa shape index (κ3) is 4.10. The Kier molecular flexibility index (Phi) is 6.06. The minimum atomic E-state index is -0.134. The average Bonchev–Trinajstić information content (AvgIpc) is 3.26. The summed E-state index contributed by atoms with van der Waals surface area (Å²) in [6.45, 7) is 3.40. The number of aromatic hydroxyl groups is 3. The molecule has 0 atom stereocenters. The van der Waals surface area contributed by atoms with Crippen LogP contribution in [0.25, 0.3) is 11.3 Å². The van der Waals surface area contributed by atoms with Gasteiger partial charge >= 0.3 is 0 Å². The van der Waals surface area contributed by atoms with Crippen LogP contribution < -0.4 is 0 Å². The standard InChI is InChI=1S/C21H27N3O3/c1-2-3-4-9-17-19(16-8-5-6-10-18(16)25)24(21(27)20(17)26)13-7-12-23-14-11-22-15-23/h5-6,8,10-11,14-15,25-27H,2-4,7,9,12-13H2,1H3. The second-order valence-corrected chi connectivity index (χ2v) is 6.78. The monoisotopic (exact) mass is 369 g/mol. The molecule has 0 aliphatic heterocycles. The van der Waals surface area contributed by atoms with Crippen molar-refractivity contribution in [2.45, 2.75) is 52.1 Å². The van der Waals surface area contributed by atoms with Gasteiger partial charge in [0.1, 0.15) is 5.75 Å². The Hall–Kier alpha value is -2.89. The average molecular weight is 369 g/mol. The van der Waals surface area contributed by atoms with Crippen molar-refractivity contribution in [1.82, 2.24) is 14.1 Å². The number of hydrogen-bond acceptors (Lipinski definition) is 4. The molecular weight excluding hydrogens is 342 g/mol. The van der Waals surface area contributed by atoms with Crippen LogP contribution in [0.15, 0.2) is 43.0 Å². The van der Waals surface area contributed by atoms with Gasteiger partial charge in [0, 0.05) is 36.6 Å². The molecule has 0 saturated carbocycles. The SMILES string of the molecule is CCCCCc1c(O)c(O)n(CCCn2ccnc2)c1-c1ccccc1O. The summed E-state index contributed by atoms with van der Waals surface area (Å²) in [7, 11) is 0. The van der Waals surface area contributed by atoms with Crippen LogP contribution in [0.2, 0.25) is 0 Å². The van der Waals surface area contributed by atoms with Crippen LogP contribution in [0.4, 0.5) is 0 Å². The number of benzene rings is 1. The molecule has 3 N–H and O–H groups in total. The molecule has 6 nitrogen and oxygen atoms in total. The second kappa shape index (κ2) is 8.66. The third-order valence-electron chi connectivity index (χ3n) is 4.86. The maximum atomic E-state index is 10.6. The number of hydrogen-bond donors (Lipinski definition) is 3. The van der Waals surface area contributed by atoms with E-state index in [-0.39, 0.29) is 17.4 Å². The molecule has 0 aliphatic carbocycles. The highest BCUT2D eigenvalue weighted by Gasteiger charge is 2.24. The van der Waals surface area contributed by atoms with Gasteiger partial charge < -0.3 is 24.5 Å². The molecule has 3 rings (SSSR count). The van der Waals surface area contributed by atoms with E-state index in [2.05, 4.69) is 11.9 Å². The summed E-state index contributed by atoms with van der Waals surface area (Å²) in [5.74, 6) is -0.0695. The number of phenolic OH excluding ortho intramolecular Hbond substituents is 1. The summed E-state index contributed by atoms with van der Waals surface area (Å²) >= 11 is 0. The topological polar surface area (TPSA) is 83.4 Å². The van der Waals surface area contributed by atoms with Gasteiger partial charge in [0.2, 0.25) is 5.88 Å². The Balaban J connectivity index is 1.95. The van der Waals surface area contributed by atoms with Gasteiger partial charge in [-0.05, 0) is 31.4 Å². The highest BCUT2D eigenvalue weighted by molar-refractivity contribution is 5.75. The van der Waals surface area contributed by atoms with Gasteiger partial charge in [0.15, 0.2) is 5.75 Å². The second-order valence-electron chi connectivity index (χ2n) is 6.78. The summed E-state index contributed by atoms with van der Waals surface area (Å²) in [6, 6.07) is 7.06. The Morgan fingerprint density at radius 1 is 1.00 bits per heavy atom. The summed E-state index contributed by atoms with van der Waals surface area (Å²) in [5.41, 5.74) is 2.03. The van der Waals surface area contributed by atoms with Crippen molar-refractivity contribution in [2.75, 3.05) is 0 Å². The Morgan fingerprint density at radius 2 is 1.81 bits per heavy atom. The highest BCUT2D eigenvalue weighted by Crippen LogP contribution is 2.44. The van der Waals surface area contributed by atoms with Gasteiger partial charge in [-0.2, -0.15) is 0 Å². The fourth-order valence-corrected chi connectivity index (χ4v) is 3.46. The molecule has 3 aromatic rings. The van der Waals surface area contributed by atoms with Crippen molar-refractivity contribution >= 4 is 0 Å². The predicted octanol–water partition coefficient (Wildman–Crippen LogP) is 4.29. The van der Waals surface area contributed by atoms with Crippen molar-refractivity contribution in [1.29, 1.82) is 0 Å². The van der Waals surface area contributed by atoms with E-state index in [0.29, 0.717) is 29.8 Å².